The van der Waals surface area contributed by atoms with Crippen LogP contribution >= 0.6 is 0 Å². The van der Waals surface area contributed by atoms with Crippen molar-refractivity contribution in [3.8, 4) is 0 Å². The van der Waals surface area contributed by atoms with E-state index in [1.54, 1.807) is 19.2 Å². The quantitative estimate of drug-likeness (QED) is 0.812. The van der Waals surface area contributed by atoms with Crippen LogP contribution in [0.25, 0.3) is 0 Å². The zero-order valence-corrected chi connectivity index (χ0v) is 12.3. The highest BCUT2D eigenvalue weighted by Gasteiger charge is 2.21. The number of hydrogen-bond donors (Lipinski definition) is 2. The maximum atomic E-state index is 12.1. The molecule has 1 aromatic carbocycles. The average Bonchev–Trinajstić information content (AvgIpc) is 2.44. The number of nitrogens with zero attached hydrogens (tertiary/aromatic N) is 1. The summed E-state index contributed by atoms with van der Waals surface area (Å²) in [6, 6.07) is 8.39. The normalized spacial score (nSPS) is 12.1. The molecule has 1 atom stereocenters. The Labute approximate surface area is 120 Å². The molecule has 0 aliphatic rings. The molecule has 20 heavy (non-hydrogen) atoms. The molecule has 0 unspecified atom stereocenters. The van der Waals surface area contributed by atoms with Crippen LogP contribution in [0.1, 0.15) is 25.5 Å². The van der Waals surface area contributed by atoms with Gasteiger partial charge in [0.1, 0.15) is 6.04 Å². The van der Waals surface area contributed by atoms with Crippen molar-refractivity contribution in [3.63, 3.8) is 0 Å². The maximum Gasteiger partial charge on any atom is 0.244 e. The molecule has 0 aromatic heterocycles. The predicted molar refractivity (Wildman–Crippen MR) is 78.9 cm³/mol. The first-order valence-corrected chi connectivity index (χ1v) is 6.74. The molecule has 3 N–H and O–H groups in total. The number of rotatable bonds is 6. The molecule has 0 bridgehead atoms. The van der Waals surface area contributed by atoms with E-state index in [0.29, 0.717) is 12.5 Å². The lowest BCUT2D eigenvalue weighted by Gasteiger charge is -2.21. The van der Waals surface area contributed by atoms with Gasteiger partial charge in [-0.1, -0.05) is 44.2 Å². The summed E-state index contributed by atoms with van der Waals surface area (Å²) in [5.41, 5.74) is 6.66. The van der Waals surface area contributed by atoms with Crippen molar-refractivity contribution in [2.45, 2.75) is 19.9 Å². The third-order valence-corrected chi connectivity index (χ3v) is 2.89. The first kappa shape index (κ1) is 16.2. The SMILES string of the molecule is CC(C)CNC(=O)CN(C)C(=O)[C@H](N)c1ccccc1. The molecule has 1 aromatic rings. The number of hydrogen-bond acceptors (Lipinski definition) is 3. The Balaban J connectivity index is 2.52. The number of carbonyl (C=O) groups is 2. The zero-order chi connectivity index (χ0) is 15.1. The third kappa shape index (κ3) is 5.01. The summed E-state index contributed by atoms with van der Waals surface area (Å²) in [4.78, 5) is 25.2. The minimum absolute atomic E-state index is 0.0199. The van der Waals surface area contributed by atoms with E-state index in [0.717, 1.165) is 5.56 Å². The van der Waals surface area contributed by atoms with Gasteiger partial charge in [-0.05, 0) is 11.5 Å². The van der Waals surface area contributed by atoms with Crippen molar-refractivity contribution >= 4 is 11.8 Å². The lowest BCUT2D eigenvalue weighted by Crippen LogP contribution is -2.42. The van der Waals surface area contributed by atoms with Gasteiger partial charge in [-0.3, -0.25) is 9.59 Å². The van der Waals surface area contributed by atoms with Gasteiger partial charge >= 0.3 is 0 Å². The van der Waals surface area contributed by atoms with Crippen LogP contribution in [0.5, 0.6) is 0 Å². The van der Waals surface area contributed by atoms with Crippen molar-refractivity contribution < 1.29 is 9.59 Å². The Kier molecular flexibility index (Phi) is 6.18. The fraction of sp³-hybridized carbons (Fsp3) is 0.467. The Morgan fingerprint density at radius 1 is 1.25 bits per heavy atom. The molecule has 0 spiro atoms. The largest absolute Gasteiger partial charge is 0.354 e. The van der Waals surface area contributed by atoms with Crippen molar-refractivity contribution in [1.82, 2.24) is 10.2 Å². The van der Waals surface area contributed by atoms with Crippen LogP contribution in [-0.4, -0.2) is 36.9 Å². The minimum Gasteiger partial charge on any atom is -0.354 e. The van der Waals surface area contributed by atoms with Crippen LogP contribution in [0.3, 0.4) is 0 Å². The predicted octanol–water partition coefficient (Wildman–Crippen LogP) is 0.917. The monoisotopic (exact) mass is 277 g/mol. The molecule has 0 aliphatic heterocycles. The van der Waals surface area contributed by atoms with Gasteiger partial charge in [0.15, 0.2) is 0 Å². The Morgan fingerprint density at radius 3 is 2.40 bits per heavy atom. The van der Waals surface area contributed by atoms with E-state index in [1.165, 1.54) is 4.90 Å². The Hall–Kier alpha value is -1.88. The number of likely N-dealkylation sites (N-methyl/N-ethyl adjacent to an activating group) is 1. The van der Waals surface area contributed by atoms with Crippen LogP contribution < -0.4 is 11.1 Å². The summed E-state index contributed by atoms with van der Waals surface area (Å²) in [6.45, 7) is 4.65. The molecule has 0 aliphatic carbocycles. The molecule has 0 fully saturated rings. The number of amides is 2. The zero-order valence-electron chi connectivity index (χ0n) is 12.3. The van der Waals surface area contributed by atoms with E-state index in [9.17, 15) is 9.59 Å². The second-order valence-corrected chi connectivity index (χ2v) is 5.28. The standard InChI is InChI=1S/C15H23N3O2/c1-11(2)9-17-13(19)10-18(3)15(20)14(16)12-7-5-4-6-8-12/h4-8,11,14H,9-10,16H2,1-3H3,(H,17,19)/t14-/m1/s1. The van der Waals surface area contributed by atoms with Gasteiger partial charge in [0.25, 0.3) is 0 Å². The van der Waals surface area contributed by atoms with Gasteiger partial charge in [-0.15, -0.1) is 0 Å². The van der Waals surface area contributed by atoms with Crippen LogP contribution in [-0.2, 0) is 9.59 Å². The lowest BCUT2D eigenvalue weighted by atomic mass is 10.1. The molecular formula is C15H23N3O2. The second kappa shape index (κ2) is 7.65. The average molecular weight is 277 g/mol. The summed E-state index contributed by atoms with van der Waals surface area (Å²) in [7, 11) is 1.58. The third-order valence-electron chi connectivity index (χ3n) is 2.89. The Bertz CT molecular complexity index is 446. The van der Waals surface area contributed by atoms with E-state index in [1.807, 2.05) is 32.0 Å². The molecule has 0 saturated heterocycles. The van der Waals surface area contributed by atoms with Gasteiger partial charge in [-0.25, -0.2) is 0 Å². The van der Waals surface area contributed by atoms with Crippen LogP contribution in [0.2, 0.25) is 0 Å². The van der Waals surface area contributed by atoms with E-state index < -0.39 is 6.04 Å². The van der Waals surface area contributed by atoms with Crippen LogP contribution in [0, 0.1) is 5.92 Å². The number of nitrogens with one attached hydrogen (secondary N) is 1. The van der Waals surface area contributed by atoms with E-state index in [2.05, 4.69) is 5.32 Å². The van der Waals surface area contributed by atoms with Crippen molar-refractivity contribution in [2.75, 3.05) is 20.1 Å². The topological polar surface area (TPSA) is 75.4 Å². The summed E-state index contributed by atoms with van der Waals surface area (Å²) in [6.07, 6.45) is 0. The van der Waals surface area contributed by atoms with Crippen LogP contribution in [0.4, 0.5) is 0 Å². The van der Waals surface area contributed by atoms with E-state index in [-0.39, 0.29) is 18.4 Å². The number of benzene rings is 1. The molecule has 1 rings (SSSR count). The highest BCUT2D eigenvalue weighted by atomic mass is 16.2. The fourth-order valence-electron chi connectivity index (χ4n) is 1.71. The summed E-state index contributed by atoms with van der Waals surface area (Å²) >= 11 is 0. The molecular weight excluding hydrogens is 254 g/mol. The number of carbonyl (C=O) groups excluding carboxylic acids is 2. The molecule has 0 saturated carbocycles. The van der Waals surface area contributed by atoms with Crippen molar-refractivity contribution in [3.05, 3.63) is 35.9 Å². The second-order valence-electron chi connectivity index (χ2n) is 5.28. The molecule has 2 amide bonds. The molecule has 5 nitrogen and oxygen atoms in total. The van der Waals surface area contributed by atoms with Gasteiger partial charge in [0.2, 0.25) is 11.8 Å². The smallest absolute Gasteiger partial charge is 0.244 e. The molecule has 0 heterocycles. The van der Waals surface area contributed by atoms with Crippen LogP contribution in [0.15, 0.2) is 30.3 Å². The van der Waals surface area contributed by atoms with Gasteiger partial charge in [0.05, 0.1) is 6.54 Å². The van der Waals surface area contributed by atoms with Gasteiger partial charge in [-0.2, -0.15) is 0 Å². The lowest BCUT2D eigenvalue weighted by molar-refractivity contribution is -0.135. The summed E-state index contributed by atoms with van der Waals surface area (Å²) in [5.74, 6) is -0.0581. The summed E-state index contributed by atoms with van der Waals surface area (Å²) < 4.78 is 0. The molecule has 0 radical (unpaired) electrons. The van der Waals surface area contributed by atoms with Gasteiger partial charge in [0, 0.05) is 13.6 Å². The first-order chi connectivity index (χ1) is 9.41. The van der Waals surface area contributed by atoms with Gasteiger partial charge < -0.3 is 16.0 Å². The van der Waals surface area contributed by atoms with Crippen molar-refractivity contribution in [2.24, 2.45) is 11.7 Å². The molecule has 110 valence electrons. The highest BCUT2D eigenvalue weighted by Crippen LogP contribution is 2.11. The van der Waals surface area contributed by atoms with E-state index in [4.69, 9.17) is 5.73 Å². The maximum absolute atomic E-state index is 12.1. The van der Waals surface area contributed by atoms with E-state index >= 15 is 0 Å². The Morgan fingerprint density at radius 2 is 1.85 bits per heavy atom. The fourth-order valence-corrected chi connectivity index (χ4v) is 1.71. The minimum atomic E-state index is -0.737. The van der Waals surface area contributed by atoms with Crippen molar-refractivity contribution in [1.29, 1.82) is 0 Å². The number of nitrogens with two attached hydrogens (primary N) is 1. The first-order valence-electron chi connectivity index (χ1n) is 6.74. The highest BCUT2D eigenvalue weighted by molar-refractivity contribution is 5.87. The summed E-state index contributed by atoms with van der Waals surface area (Å²) in [5, 5.41) is 2.77. The molecule has 5 heteroatoms.